The molecular formula is C21H23N. The Morgan fingerprint density at radius 1 is 0.727 bits per heavy atom. The van der Waals surface area contributed by atoms with E-state index in [-0.39, 0.29) is 0 Å². The van der Waals surface area contributed by atoms with Crippen molar-refractivity contribution in [2.75, 3.05) is 0 Å². The average molecular weight is 289 g/mol. The summed E-state index contributed by atoms with van der Waals surface area (Å²) in [6.07, 6.45) is 3.40. The van der Waals surface area contributed by atoms with Crippen LogP contribution in [-0.4, -0.2) is 4.57 Å². The standard InChI is InChI=1S/C21H23N/c1-2-9-20-14-15-21(19-12-7-4-8-13-19)22(20)17-16-18-10-5-3-6-11-18/h3-8,10-15H,2,9,16-17H2,1H3. The van der Waals surface area contributed by atoms with Gasteiger partial charge in [-0.25, -0.2) is 0 Å². The normalized spacial score (nSPS) is 10.8. The highest BCUT2D eigenvalue weighted by atomic mass is 15.0. The third kappa shape index (κ3) is 3.30. The predicted octanol–water partition coefficient (Wildman–Crippen LogP) is 5.35. The Morgan fingerprint density at radius 3 is 2.09 bits per heavy atom. The molecule has 0 bridgehead atoms. The van der Waals surface area contributed by atoms with Crippen LogP contribution in [0.1, 0.15) is 24.6 Å². The minimum Gasteiger partial charge on any atom is -0.344 e. The molecule has 2 aromatic carbocycles. The third-order valence-electron chi connectivity index (χ3n) is 4.11. The van der Waals surface area contributed by atoms with Crippen molar-refractivity contribution in [3.05, 3.63) is 84.1 Å². The van der Waals surface area contributed by atoms with Gasteiger partial charge >= 0.3 is 0 Å². The highest BCUT2D eigenvalue weighted by molar-refractivity contribution is 5.60. The fraction of sp³-hybridized carbons (Fsp3) is 0.238. The maximum absolute atomic E-state index is 2.49. The molecule has 1 heteroatoms. The van der Waals surface area contributed by atoms with Crippen molar-refractivity contribution < 1.29 is 0 Å². The first-order chi connectivity index (χ1) is 10.9. The molecule has 3 rings (SSSR count). The lowest BCUT2D eigenvalue weighted by Gasteiger charge is -2.14. The minimum absolute atomic E-state index is 1.04. The van der Waals surface area contributed by atoms with E-state index in [1.165, 1.54) is 28.9 Å². The number of nitrogens with zero attached hydrogens (tertiary/aromatic N) is 1. The molecule has 1 aromatic heterocycles. The van der Waals surface area contributed by atoms with Crippen molar-refractivity contribution in [1.82, 2.24) is 4.57 Å². The van der Waals surface area contributed by atoms with Gasteiger partial charge in [0.1, 0.15) is 0 Å². The van der Waals surface area contributed by atoms with Crippen molar-refractivity contribution in [2.45, 2.75) is 32.7 Å². The number of rotatable bonds is 6. The molecule has 0 saturated heterocycles. The van der Waals surface area contributed by atoms with E-state index in [1.54, 1.807) is 0 Å². The summed E-state index contributed by atoms with van der Waals surface area (Å²) in [5, 5.41) is 0. The van der Waals surface area contributed by atoms with E-state index in [4.69, 9.17) is 0 Å². The molecule has 0 radical (unpaired) electrons. The monoisotopic (exact) mass is 289 g/mol. The van der Waals surface area contributed by atoms with Gasteiger partial charge in [0.15, 0.2) is 0 Å². The highest BCUT2D eigenvalue weighted by Crippen LogP contribution is 2.24. The Hall–Kier alpha value is -2.28. The molecule has 1 heterocycles. The van der Waals surface area contributed by atoms with Gasteiger partial charge < -0.3 is 4.57 Å². The molecule has 0 spiro atoms. The maximum atomic E-state index is 2.49. The van der Waals surface area contributed by atoms with Crippen LogP contribution in [0.15, 0.2) is 72.8 Å². The number of hydrogen-bond donors (Lipinski definition) is 0. The van der Waals surface area contributed by atoms with Crippen molar-refractivity contribution in [2.24, 2.45) is 0 Å². The maximum Gasteiger partial charge on any atom is 0.0482 e. The van der Waals surface area contributed by atoms with Gasteiger partial charge in [-0.1, -0.05) is 74.0 Å². The lowest BCUT2D eigenvalue weighted by molar-refractivity contribution is 0.661. The molecule has 112 valence electrons. The van der Waals surface area contributed by atoms with Crippen molar-refractivity contribution >= 4 is 0 Å². The Balaban J connectivity index is 1.88. The van der Waals surface area contributed by atoms with Crippen LogP contribution >= 0.6 is 0 Å². The van der Waals surface area contributed by atoms with Crippen LogP contribution in [0.3, 0.4) is 0 Å². The lowest BCUT2D eigenvalue weighted by Crippen LogP contribution is -2.07. The van der Waals surface area contributed by atoms with Crippen LogP contribution in [0, 0.1) is 0 Å². The van der Waals surface area contributed by atoms with Gasteiger partial charge in [-0.15, -0.1) is 0 Å². The smallest absolute Gasteiger partial charge is 0.0482 e. The Labute approximate surface area is 133 Å². The quantitative estimate of drug-likeness (QED) is 0.576. The summed E-state index contributed by atoms with van der Waals surface area (Å²) in [5.74, 6) is 0. The summed E-state index contributed by atoms with van der Waals surface area (Å²) < 4.78 is 2.49. The summed E-state index contributed by atoms with van der Waals surface area (Å²) in [5.41, 5.74) is 5.48. The van der Waals surface area contributed by atoms with E-state index < -0.39 is 0 Å². The first-order valence-electron chi connectivity index (χ1n) is 8.16. The Bertz CT molecular complexity index is 695. The van der Waals surface area contributed by atoms with Gasteiger partial charge in [0, 0.05) is 17.9 Å². The van der Waals surface area contributed by atoms with E-state index in [9.17, 15) is 0 Å². The van der Waals surface area contributed by atoms with Crippen LogP contribution in [0.5, 0.6) is 0 Å². The third-order valence-corrected chi connectivity index (χ3v) is 4.11. The predicted molar refractivity (Wildman–Crippen MR) is 94.0 cm³/mol. The second-order valence-electron chi connectivity index (χ2n) is 5.71. The summed E-state index contributed by atoms with van der Waals surface area (Å²) in [6.45, 7) is 3.29. The zero-order valence-corrected chi connectivity index (χ0v) is 13.2. The van der Waals surface area contributed by atoms with E-state index in [0.29, 0.717) is 0 Å². The van der Waals surface area contributed by atoms with Crippen molar-refractivity contribution in [3.8, 4) is 11.3 Å². The Kier molecular flexibility index (Phi) is 4.75. The molecule has 3 aromatic rings. The molecule has 1 nitrogen and oxygen atoms in total. The zero-order valence-electron chi connectivity index (χ0n) is 13.2. The van der Waals surface area contributed by atoms with E-state index in [2.05, 4.69) is 84.3 Å². The molecule has 0 fully saturated rings. The molecule has 0 amide bonds. The van der Waals surface area contributed by atoms with Crippen molar-refractivity contribution in [1.29, 1.82) is 0 Å². The second-order valence-corrected chi connectivity index (χ2v) is 5.71. The minimum atomic E-state index is 1.04. The Morgan fingerprint density at radius 2 is 1.41 bits per heavy atom. The van der Waals surface area contributed by atoms with Gasteiger partial charge in [0.25, 0.3) is 0 Å². The van der Waals surface area contributed by atoms with Gasteiger partial charge in [-0.3, -0.25) is 0 Å². The van der Waals surface area contributed by atoms with E-state index >= 15 is 0 Å². The molecule has 0 aliphatic heterocycles. The molecule has 0 saturated carbocycles. The largest absolute Gasteiger partial charge is 0.344 e. The average Bonchev–Trinajstić information content (AvgIpc) is 2.98. The highest BCUT2D eigenvalue weighted by Gasteiger charge is 2.09. The fourth-order valence-corrected chi connectivity index (χ4v) is 2.99. The first kappa shape index (κ1) is 14.6. The lowest BCUT2D eigenvalue weighted by atomic mass is 10.1. The summed E-state index contributed by atoms with van der Waals surface area (Å²) in [6, 6.07) is 26.0. The number of aryl methyl sites for hydroxylation is 2. The topological polar surface area (TPSA) is 4.93 Å². The molecule has 0 atom stereocenters. The van der Waals surface area contributed by atoms with Gasteiger partial charge in [-0.05, 0) is 36.1 Å². The number of benzene rings is 2. The number of aromatic nitrogens is 1. The summed E-state index contributed by atoms with van der Waals surface area (Å²) in [4.78, 5) is 0. The number of hydrogen-bond acceptors (Lipinski definition) is 0. The summed E-state index contributed by atoms with van der Waals surface area (Å²) >= 11 is 0. The zero-order chi connectivity index (χ0) is 15.2. The van der Waals surface area contributed by atoms with Crippen LogP contribution in [0.4, 0.5) is 0 Å². The van der Waals surface area contributed by atoms with Gasteiger partial charge in [0.05, 0.1) is 0 Å². The molecule has 0 aliphatic carbocycles. The van der Waals surface area contributed by atoms with Crippen LogP contribution < -0.4 is 0 Å². The van der Waals surface area contributed by atoms with Crippen LogP contribution in [0.2, 0.25) is 0 Å². The van der Waals surface area contributed by atoms with Crippen molar-refractivity contribution in [3.63, 3.8) is 0 Å². The first-order valence-corrected chi connectivity index (χ1v) is 8.16. The fourth-order valence-electron chi connectivity index (χ4n) is 2.99. The summed E-state index contributed by atoms with van der Waals surface area (Å²) in [7, 11) is 0. The van der Waals surface area contributed by atoms with Gasteiger partial charge in [0.2, 0.25) is 0 Å². The second kappa shape index (κ2) is 7.13. The van der Waals surface area contributed by atoms with Gasteiger partial charge in [-0.2, -0.15) is 0 Å². The molecule has 22 heavy (non-hydrogen) atoms. The van der Waals surface area contributed by atoms with Crippen LogP contribution in [0.25, 0.3) is 11.3 Å². The molecule has 0 aliphatic rings. The molecular weight excluding hydrogens is 266 g/mol. The van der Waals surface area contributed by atoms with E-state index in [0.717, 1.165) is 19.4 Å². The molecule has 0 unspecified atom stereocenters. The SMILES string of the molecule is CCCc1ccc(-c2ccccc2)n1CCc1ccccc1. The van der Waals surface area contributed by atoms with E-state index in [1.807, 2.05) is 0 Å². The van der Waals surface area contributed by atoms with Crippen LogP contribution in [-0.2, 0) is 19.4 Å². The molecule has 0 N–H and O–H groups in total.